The van der Waals surface area contributed by atoms with Gasteiger partial charge in [0.05, 0.1) is 12.6 Å². The molecule has 1 aromatic heterocycles. The largest absolute Gasteiger partial charge is 0.463 e. The van der Waals surface area contributed by atoms with Crippen LogP contribution in [-0.2, 0) is 24.0 Å². The highest BCUT2D eigenvalue weighted by atomic mass is 19.4. The first-order valence-corrected chi connectivity index (χ1v) is 12.9. The molecule has 0 radical (unpaired) electrons. The average Bonchev–Trinajstić information content (AvgIpc) is 3.41. The maximum Gasteiger partial charge on any atom is 0.435 e. The van der Waals surface area contributed by atoms with Crippen LogP contribution in [0.5, 0.6) is 0 Å². The topological polar surface area (TPSA) is 80.5 Å². The first-order chi connectivity index (χ1) is 18.6. The summed E-state index contributed by atoms with van der Waals surface area (Å²) in [6, 6.07) is 9.48. The Kier molecular flexibility index (Phi) is 7.33. The van der Waals surface area contributed by atoms with E-state index in [-0.39, 0.29) is 47.6 Å². The number of nitrogens with zero attached hydrogens (tertiary/aromatic N) is 3. The van der Waals surface area contributed by atoms with Crippen molar-refractivity contribution >= 4 is 11.9 Å². The zero-order valence-electron chi connectivity index (χ0n) is 21.6. The van der Waals surface area contributed by atoms with Crippen LogP contribution in [0.4, 0.5) is 17.6 Å². The fourth-order valence-electron chi connectivity index (χ4n) is 4.69. The van der Waals surface area contributed by atoms with Crippen LogP contribution >= 0.6 is 0 Å². The standard InChI is InChI=1S/C28H29F4N5O2/c1-3-37-15-22(25(36-37)28(30,31)32)20-11-17(14-34-27-33-8-9-39-27)12-21(13-20)26(38)35-24(18-4-5-18)19-6-7-23(29)16(2)10-19/h6-7,10-13,15,18,24H,3-5,8-9,14H2,1-2H3,(H,33,34)(H,35,38)/t24-/m0/s1. The summed E-state index contributed by atoms with van der Waals surface area (Å²) >= 11 is 0. The lowest BCUT2D eigenvalue weighted by molar-refractivity contribution is -0.141. The SMILES string of the molecule is CCn1cc(-c2cc(CNC3=NCCO3)cc(C(=O)N[C@H](c3ccc(F)c(C)c3)C3CC3)c2)c(C(F)(F)F)n1. The van der Waals surface area contributed by atoms with Gasteiger partial charge in [-0.2, -0.15) is 18.3 Å². The lowest BCUT2D eigenvalue weighted by Crippen LogP contribution is -2.30. The molecule has 1 amide bonds. The molecule has 2 heterocycles. The number of ether oxygens (including phenoxy) is 1. The number of hydrogen-bond acceptors (Lipinski definition) is 5. The molecule has 11 heteroatoms. The Morgan fingerprint density at radius 3 is 2.64 bits per heavy atom. The first kappa shape index (κ1) is 26.7. The number of hydrogen-bond donors (Lipinski definition) is 2. The fourth-order valence-corrected chi connectivity index (χ4v) is 4.69. The van der Waals surface area contributed by atoms with Gasteiger partial charge in [0.1, 0.15) is 12.4 Å². The number of amides is 1. The van der Waals surface area contributed by atoms with Gasteiger partial charge in [0.2, 0.25) is 0 Å². The molecule has 5 rings (SSSR count). The number of carbonyl (C=O) groups excluding carboxylic acids is 1. The predicted octanol–water partition coefficient (Wildman–Crippen LogP) is 5.39. The minimum Gasteiger partial charge on any atom is -0.463 e. The second-order valence-electron chi connectivity index (χ2n) is 9.85. The van der Waals surface area contributed by atoms with Crippen molar-refractivity contribution in [1.29, 1.82) is 0 Å². The number of carbonyl (C=O) groups is 1. The summed E-state index contributed by atoms with van der Waals surface area (Å²) < 4.78 is 62.1. The van der Waals surface area contributed by atoms with E-state index in [9.17, 15) is 22.4 Å². The van der Waals surface area contributed by atoms with Crippen molar-refractivity contribution in [3.63, 3.8) is 0 Å². The van der Waals surface area contributed by atoms with Crippen molar-refractivity contribution in [1.82, 2.24) is 20.4 Å². The van der Waals surface area contributed by atoms with Crippen molar-refractivity contribution in [2.24, 2.45) is 10.9 Å². The molecule has 206 valence electrons. The third kappa shape index (κ3) is 6.07. The number of alkyl halides is 3. The lowest BCUT2D eigenvalue weighted by Gasteiger charge is -2.20. The Labute approximate surface area is 223 Å². The van der Waals surface area contributed by atoms with E-state index in [1.165, 1.54) is 23.0 Å². The van der Waals surface area contributed by atoms with Gasteiger partial charge in [-0.1, -0.05) is 12.1 Å². The van der Waals surface area contributed by atoms with Crippen molar-refractivity contribution in [3.8, 4) is 11.1 Å². The number of aryl methyl sites for hydroxylation is 2. The molecule has 1 aliphatic carbocycles. The molecule has 2 N–H and O–H groups in total. The molecule has 2 aromatic carbocycles. The second-order valence-corrected chi connectivity index (χ2v) is 9.85. The third-order valence-electron chi connectivity index (χ3n) is 6.87. The third-order valence-corrected chi connectivity index (χ3v) is 6.87. The van der Waals surface area contributed by atoms with Crippen LogP contribution in [0.3, 0.4) is 0 Å². The molecule has 3 aromatic rings. The van der Waals surface area contributed by atoms with E-state index >= 15 is 0 Å². The number of amidine groups is 1. The van der Waals surface area contributed by atoms with Gasteiger partial charge in [-0.25, -0.2) is 9.38 Å². The van der Waals surface area contributed by atoms with Crippen LogP contribution in [0.1, 0.15) is 58.5 Å². The van der Waals surface area contributed by atoms with Crippen molar-refractivity contribution in [3.05, 3.63) is 76.4 Å². The Bertz CT molecular complexity index is 1410. The van der Waals surface area contributed by atoms with Crippen LogP contribution in [0, 0.1) is 18.7 Å². The molecular formula is C28H29F4N5O2. The lowest BCUT2D eigenvalue weighted by atomic mass is 9.97. The summed E-state index contributed by atoms with van der Waals surface area (Å²) in [6.45, 7) is 4.79. The summed E-state index contributed by atoms with van der Waals surface area (Å²) in [6.07, 6.45) is -1.49. The summed E-state index contributed by atoms with van der Waals surface area (Å²) in [5.74, 6) is -0.545. The number of benzene rings is 2. The number of aliphatic imine (C=N–C) groups is 1. The Hall–Kier alpha value is -3.89. The maximum absolute atomic E-state index is 13.9. The Balaban J connectivity index is 1.50. The minimum absolute atomic E-state index is 0.109. The summed E-state index contributed by atoms with van der Waals surface area (Å²) in [4.78, 5) is 17.7. The molecule has 7 nitrogen and oxygen atoms in total. The van der Waals surface area contributed by atoms with Gasteiger partial charge in [-0.15, -0.1) is 0 Å². The van der Waals surface area contributed by atoms with Gasteiger partial charge >= 0.3 is 6.18 Å². The van der Waals surface area contributed by atoms with Crippen LogP contribution in [-0.4, -0.2) is 34.9 Å². The highest BCUT2D eigenvalue weighted by Gasteiger charge is 2.38. The fraction of sp³-hybridized carbons (Fsp3) is 0.393. The van der Waals surface area contributed by atoms with Gasteiger partial charge in [0.15, 0.2) is 5.69 Å². The second kappa shape index (κ2) is 10.7. The van der Waals surface area contributed by atoms with Gasteiger partial charge < -0.3 is 15.4 Å². The highest BCUT2D eigenvalue weighted by Crippen LogP contribution is 2.42. The normalized spacial score (nSPS) is 16.0. The molecule has 1 aliphatic heterocycles. The molecule has 1 atom stereocenters. The van der Waals surface area contributed by atoms with Crippen LogP contribution in [0.25, 0.3) is 11.1 Å². The quantitative estimate of drug-likeness (QED) is 0.373. The van der Waals surface area contributed by atoms with Crippen molar-refractivity contribution in [2.75, 3.05) is 13.2 Å². The first-order valence-electron chi connectivity index (χ1n) is 12.9. The predicted molar refractivity (Wildman–Crippen MR) is 138 cm³/mol. The van der Waals surface area contributed by atoms with E-state index in [1.807, 2.05) is 0 Å². The average molecular weight is 544 g/mol. The highest BCUT2D eigenvalue weighted by molar-refractivity contribution is 5.96. The van der Waals surface area contributed by atoms with Crippen LogP contribution < -0.4 is 10.6 Å². The molecule has 2 aliphatic rings. The molecule has 0 spiro atoms. The van der Waals surface area contributed by atoms with Crippen molar-refractivity contribution < 1.29 is 27.1 Å². The van der Waals surface area contributed by atoms with E-state index in [4.69, 9.17) is 4.74 Å². The Morgan fingerprint density at radius 1 is 1.21 bits per heavy atom. The summed E-state index contributed by atoms with van der Waals surface area (Å²) in [7, 11) is 0. The number of nitrogens with one attached hydrogen (secondary N) is 2. The van der Waals surface area contributed by atoms with E-state index in [1.54, 1.807) is 38.1 Å². The van der Waals surface area contributed by atoms with Crippen LogP contribution in [0.2, 0.25) is 0 Å². The summed E-state index contributed by atoms with van der Waals surface area (Å²) in [5.41, 5.74) is 1.16. The van der Waals surface area contributed by atoms with Gasteiger partial charge in [0.25, 0.3) is 11.9 Å². The molecule has 0 saturated heterocycles. The van der Waals surface area contributed by atoms with Crippen LogP contribution in [0.15, 0.2) is 47.6 Å². The van der Waals surface area contributed by atoms with Gasteiger partial charge in [-0.05, 0) is 79.1 Å². The number of aromatic nitrogens is 2. The van der Waals surface area contributed by atoms with E-state index in [2.05, 4.69) is 20.7 Å². The minimum atomic E-state index is -4.67. The Morgan fingerprint density at radius 2 is 2.00 bits per heavy atom. The summed E-state index contributed by atoms with van der Waals surface area (Å²) in [5, 5.41) is 9.81. The zero-order chi connectivity index (χ0) is 27.7. The molecular weight excluding hydrogens is 514 g/mol. The maximum atomic E-state index is 13.9. The molecule has 0 bridgehead atoms. The molecule has 1 saturated carbocycles. The molecule has 39 heavy (non-hydrogen) atoms. The number of rotatable bonds is 8. The zero-order valence-corrected chi connectivity index (χ0v) is 21.6. The van der Waals surface area contributed by atoms with E-state index in [0.29, 0.717) is 30.3 Å². The van der Waals surface area contributed by atoms with E-state index < -0.39 is 17.8 Å². The number of halogens is 4. The van der Waals surface area contributed by atoms with E-state index in [0.717, 1.165) is 18.4 Å². The smallest absolute Gasteiger partial charge is 0.435 e. The van der Waals surface area contributed by atoms with Gasteiger partial charge in [0, 0.05) is 30.4 Å². The van der Waals surface area contributed by atoms with Gasteiger partial charge in [-0.3, -0.25) is 9.48 Å². The van der Waals surface area contributed by atoms with Crippen molar-refractivity contribution in [2.45, 2.75) is 52.0 Å². The molecule has 1 fully saturated rings. The molecule has 0 unspecified atom stereocenters. The monoisotopic (exact) mass is 543 g/mol.